The van der Waals surface area contributed by atoms with Gasteiger partial charge in [0.2, 0.25) is 0 Å². The van der Waals surface area contributed by atoms with Gasteiger partial charge in [0.1, 0.15) is 6.04 Å². The summed E-state index contributed by atoms with van der Waals surface area (Å²) in [6, 6.07) is 19.9. The van der Waals surface area contributed by atoms with E-state index in [1.54, 1.807) is 0 Å². The van der Waals surface area contributed by atoms with Crippen molar-refractivity contribution >= 4 is 5.97 Å². The van der Waals surface area contributed by atoms with E-state index in [2.05, 4.69) is 29.6 Å². The summed E-state index contributed by atoms with van der Waals surface area (Å²) in [6.45, 7) is 0.762. The summed E-state index contributed by atoms with van der Waals surface area (Å²) >= 11 is 0. The maximum absolute atomic E-state index is 11.5. The fraction of sp³-hybridized carbons (Fsp3) is 0.278. The van der Waals surface area contributed by atoms with Gasteiger partial charge in [-0.2, -0.15) is 0 Å². The first-order valence-corrected chi connectivity index (χ1v) is 7.33. The van der Waals surface area contributed by atoms with Crippen molar-refractivity contribution in [2.45, 2.75) is 18.4 Å². The summed E-state index contributed by atoms with van der Waals surface area (Å²) in [5, 5.41) is 12.6. The van der Waals surface area contributed by atoms with Crippen molar-refractivity contribution in [1.29, 1.82) is 0 Å². The molecule has 0 aromatic heterocycles. The Morgan fingerprint density at radius 2 is 1.52 bits per heavy atom. The number of hydrogen-bond acceptors (Lipinski definition) is 2. The van der Waals surface area contributed by atoms with Gasteiger partial charge in [-0.1, -0.05) is 60.7 Å². The van der Waals surface area contributed by atoms with Crippen LogP contribution < -0.4 is 5.32 Å². The number of rotatable bonds is 4. The van der Waals surface area contributed by atoms with E-state index in [0.717, 1.165) is 13.0 Å². The summed E-state index contributed by atoms with van der Waals surface area (Å²) in [5.74, 6) is -0.565. The quantitative estimate of drug-likeness (QED) is 0.906. The van der Waals surface area contributed by atoms with Gasteiger partial charge in [0, 0.05) is 5.92 Å². The molecule has 2 N–H and O–H groups in total. The number of hydrogen-bond donors (Lipinski definition) is 2. The summed E-state index contributed by atoms with van der Waals surface area (Å²) < 4.78 is 0. The number of nitrogens with one attached hydrogen (secondary N) is 1. The van der Waals surface area contributed by atoms with Gasteiger partial charge < -0.3 is 10.4 Å². The Kier molecular flexibility index (Phi) is 4.02. The highest BCUT2D eigenvalue weighted by Crippen LogP contribution is 2.38. The van der Waals surface area contributed by atoms with Crippen LogP contribution in [0.3, 0.4) is 0 Å². The molecular formula is C18H19NO2. The molecule has 1 saturated heterocycles. The molecule has 2 aromatic rings. The van der Waals surface area contributed by atoms with Gasteiger partial charge in [0.05, 0.1) is 0 Å². The number of carboxylic acids is 1. The topological polar surface area (TPSA) is 49.3 Å². The van der Waals surface area contributed by atoms with Crippen LogP contribution in [0.2, 0.25) is 0 Å². The van der Waals surface area contributed by atoms with Gasteiger partial charge >= 0.3 is 5.97 Å². The van der Waals surface area contributed by atoms with Gasteiger partial charge in [0.25, 0.3) is 0 Å². The molecule has 3 nitrogen and oxygen atoms in total. The second-order valence-electron chi connectivity index (χ2n) is 5.52. The van der Waals surface area contributed by atoms with Crippen molar-refractivity contribution in [1.82, 2.24) is 5.32 Å². The van der Waals surface area contributed by atoms with Crippen LogP contribution in [0.1, 0.15) is 23.5 Å². The summed E-state index contributed by atoms with van der Waals surface area (Å²) in [6.07, 6.45) is 0.880. The van der Waals surface area contributed by atoms with E-state index < -0.39 is 12.0 Å². The average Bonchev–Trinajstić information content (AvgIpc) is 2.99. The Hall–Kier alpha value is -2.13. The molecule has 0 amide bonds. The molecule has 2 atom stereocenters. The fourth-order valence-electron chi connectivity index (χ4n) is 3.36. The van der Waals surface area contributed by atoms with Gasteiger partial charge in [-0.05, 0) is 30.0 Å². The van der Waals surface area contributed by atoms with Crippen molar-refractivity contribution in [2.75, 3.05) is 6.54 Å². The highest BCUT2D eigenvalue weighted by Gasteiger charge is 2.39. The normalized spacial score (nSPS) is 21.6. The van der Waals surface area contributed by atoms with Gasteiger partial charge in [-0.25, -0.2) is 0 Å². The van der Waals surface area contributed by atoms with Crippen LogP contribution in [0.5, 0.6) is 0 Å². The second-order valence-corrected chi connectivity index (χ2v) is 5.52. The zero-order chi connectivity index (χ0) is 14.7. The van der Waals surface area contributed by atoms with Crippen molar-refractivity contribution in [3.05, 3.63) is 71.8 Å². The minimum Gasteiger partial charge on any atom is -0.480 e. The molecule has 1 heterocycles. The van der Waals surface area contributed by atoms with Crippen molar-refractivity contribution in [3.8, 4) is 0 Å². The predicted octanol–water partition coefficient (Wildman–Crippen LogP) is 2.88. The smallest absolute Gasteiger partial charge is 0.321 e. The lowest BCUT2D eigenvalue weighted by Crippen LogP contribution is -2.38. The monoisotopic (exact) mass is 281 g/mol. The van der Waals surface area contributed by atoms with Crippen LogP contribution in [-0.4, -0.2) is 23.7 Å². The Bertz CT molecular complexity index is 558. The lowest BCUT2D eigenvalue weighted by atomic mass is 9.77. The maximum atomic E-state index is 11.5. The summed E-state index contributed by atoms with van der Waals surface area (Å²) in [5.41, 5.74) is 2.37. The molecule has 1 unspecified atom stereocenters. The molecule has 0 saturated carbocycles. The lowest BCUT2D eigenvalue weighted by molar-refractivity contribution is -0.140. The molecule has 1 aliphatic heterocycles. The predicted molar refractivity (Wildman–Crippen MR) is 82.3 cm³/mol. The summed E-state index contributed by atoms with van der Waals surface area (Å²) in [7, 11) is 0. The van der Waals surface area contributed by atoms with E-state index >= 15 is 0 Å². The molecule has 0 bridgehead atoms. The molecule has 21 heavy (non-hydrogen) atoms. The van der Waals surface area contributed by atoms with Crippen LogP contribution in [0, 0.1) is 5.92 Å². The molecule has 1 fully saturated rings. The number of aliphatic carboxylic acids is 1. The van der Waals surface area contributed by atoms with Crippen LogP contribution >= 0.6 is 0 Å². The van der Waals surface area contributed by atoms with Gasteiger partial charge in [-0.3, -0.25) is 4.79 Å². The van der Waals surface area contributed by atoms with Crippen LogP contribution in [0.15, 0.2) is 60.7 Å². The first-order valence-electron chi connectivity index (χ1n) is 7.33. The van der Waals surface area contributed by atoms with E-state index in [0.29, 0.717) is 0 Å². The third-order valence-corrected chi connectivity index (χ3v) is 4.28. The van der Waals surface area contributed by atoms with Crippen molar-refractivity contribution in [2.24, 2.45) is 5.92 Å². The molecule has 108 valence electrons. The van der Waals surface area contributed by atoms with Crippen molar-refractivity contribution < 1.29 is 9.90 Å². The first-order chi connectivity index (χ1) is 10.3. The van der Waals surface area contributed by atoms with Crippen LogP contribution in [-0.2, 0) is 4.79 Å². The number of benzene rings is 2. The average molecular weight is 281 g/mol. The zero-order valence-electron chi connectivity index (χ0n) is 11.8. The number of carboxylic acid groups (broad SMARTS) is 1. The van der Waals surface area contributed by atoms with Crippen LogP contribution in [0.25, 0.3) is 0 Å². The van der Waals surface area contributed by atoms with E-state index in [1.807, 2.05) is 36.4 Å². The Labute approximate surface area is 124 Å². The highest BCUT2D eigenvalue weighted by atomic mass is 16.4. The summed E-state index contributed by atoms with van der Waals surface area (Å²) in [4.78, 5) is 11.5. The molecule has 3 rings (SSSR count). The van der Waals surface area contributed by atoms with Crippen LogP contribution in [0.4, 0.5) is 0 Å². The SMILES string of the molecule is O=C(O)[C@H]1NCCC1C(c1ccccc1)c1ccccc1. The highest BCUT2D eigenvalue weighted by molar-refractivity contribution is 5.74. The Morgan fingerprint density at radius 1 is 1.00 bits per heavy atom. The zero-order valence-corrected chi connectivity index (χ0v) is 11.8. The number of carbonyl (C=O) groups is 1. The molecule has 0 radical (unpaired) electrons. The Balaban J connectivity index is 2.03. The van der Waals surface area contributed by atoms with Gasteiger partial charge in [0.15, 0.2) is 0 Å². The Morgan fingerprint density at radius 3 is 2.00 bits per heavy atom. The third-order valence-electron chi connectivity index (χ3n) is 4.28. The fourth-order valence-corrected chi connectivity index (χ4v) is 3.36. The first kappa shape index (κ1) is 13.8. The third kappa shape index (κ3) is 2.83. The van der Waals surface area contributed by atoms with E-state index in [1.165, 1.54) is 11.1 Å². The largest absolute Gasteiger partial charge is 0.480 e. The molecule has 3 heteroatoms. The maximum Gasteiger partial charge on any atom is 0.321 e. The van der Waals surface area contributed by atoms with E-state index in [-0.39, 0.29) is 11.8 Å². The minimum absolute atomic E-state index is 0.0762. The minimum atomic E-state index is -0.755. The van der Waals surface area contributed by atoms with Gasteiger partial charge in [-0.15, -0.1) is 0 Å². The standard InChI is InChI=1S/C18H19NO2/c20-18(21)17-15(11-12-19-17)16(13-7-3-1-4-8-13)14-9-5-2-6-10-14/h1-10,15-17,19H,11-12H2,(H,20,21)/t15?,17-/m0/s1. The second kappa shape index (κ2) is 6.10. The molecule has 0 aliphatic carbocycles. The molecule has 0 spiro atoms. The lowest BCUT2D eigenvalue weighted by Gasteiger charge is -2.27. The van der Waals surface area contributed by atoms with E-state index in [4.69, 9.17) is 0 Å². The molecule has 2 aromatic carbocycles. The van der Waals surface area contributed by atoms with Crippen molar-refractivity contribution in [3.63, 3.8) is 0 Å². The van der Waals surface area contributed by atoms with E-state index in [9.17, 15) is 9.90 Å². The molecule has 1 aliphatic rings. The molecular weight excluding hydrogens is 262 g/mol.